The number of hydrogen-bond acceptors (Lipinski definition) is 6. The molecule has 1 heterocycles. The minimum atomic E-state index is -0.668. The van der Waals surface area contributed by atoms with Crippen LogP contribution in [-0.4, -0.2) is 36.2 Å². The summed E-state index contributed by atoms with van der Waals surface area (Å²) >= 11 is 3.30. The Bertz CT molecular complexity index is 1250. The summed E-state index contributed by atoms with van der Waals surface area (Å²) in [6.45, 7) is 2.09. The smallest absolute Gasteiger partial charge is 0.338 e. The molecule has 8 heteroatoms. The number of anilines is 1. The molecule has 35 heavy (non-hydrogen) atoms. The molecule has 1 unspecified atom stereocenters. The summed E-state index contributed by atoms with van der Waals surface area (Å²) in [5, 5.41) is 3.15. The lowest BCUT2D eigenvalue weighted by molar-refractivity contribution is -0.121. The van der Waals surface area contributed by atoms with Gasteiger partial charge < -0.3 is 10.1 Å². The fraction of sp³-hybridized carbons (Fsp3) is 0.185. The number of nitrogens with zero attached hydrogens (tertiary/aromatic N) is 1. The van der Waals surface area contributed by atoms with Gasteiger partial charge in [-0.15, -0.1) is 0 Å². The SMILES string of the molecule is Cc1ccc(CNC2CC(=O)N(c3ccc(C(=O)OCC(=O)c4ccc(Br)cc4)cc3)C2=O)cc1. The number of nitrogens with one attached hydrogen (secondary N) is 1. The maximum Gasteiger partial charge on any atom is 0.338 e. The number of hydrogen-bond donors (Lipinski definition) is 1. The van der Waals surface area contributed by atoms with Crippen LogP contribution in [0.5, 0.6) is 0 Å². The van der Waals surface area contributed by atoms with Crippen LogP contribution in [0.2, 0.25) is 0 Å². The van der Waals surface area contributed by atoms with E-state index in [2.05, 4.69) is 21.2 Å². The summed E-state index contributed by atoms with van der Waals surface area (Å²) in [4.78, 5) is 51.1. The van der Waals surface area contributed by atoms with Crippen molar-refractivity contribution in [3.8, 4) is 0 Å². The fourth-order valence-electron chi connectivity index (χ4n) is 3.69. The predicted octanol–water partition coefficient (Wildman–Crippen LogP) is 4.22. The van der Waals surface area contributed by atoms with Crippen molar-refractivity contribution in [2.45, 2.75) is 25.9 Å². The van der Waals surface area contributed by atoms with Gasteiger partial charge in [0.05, 0.1) is 23.7 Å². The Morgan fingerprint density at radius 3 is 2.23 bits per heavy atom. The second-order valence-corrected chi connectivity index (χ2v) is 9.16. The molecule has 0 aliphatic carbocycles. The highest BCUT2D eigenvalue weighted by molar-refractivity contribution is 9.10. The molecule has 1 fully saturated rings. The molecule has 0 spiro atoms. The van der Waals surface area contributed by atoms with E-state index in [0.29, 0.717) is 17.8 Å². The second-order valence-electron chi connectivity index (χ2n) is 8.24. The molecule has 1 saturated heterocycles. The zero-order valence-corrected chi connectivity index (χ0v) is 20.6. The molecule has 3 aromatic carbocycles. The highest BCUT2D eigenvalue weighted by Gasteiger charge is 2.39. The van der Waals surface area contributed by atoms with Gasteiger partial charge in [0.2, 0.25) is 5.91 Å². The van der Waals surface area contributed by atoms with E-state index in [0.717, 1.165) is 20.5 Å². The van der Waals surface area contributed by atoms with Crippen molar-refractivity contribution in [2.24, 2.45) is 0 Å². The van der Waals surface area contributed by atoms with Crippen molar-refractivity contribution in [1.82, 2.24) is 5.32 Å². The molecule has 0 saturated carbocycles. The molecule has 7 nitrogen and oxygen atoms in total. The summed E-state index contributed by atoms with van der Waals surface area (Å²) in [7, 11) is 0. The van der Waals surface area contributed by atoms with Gasteiger partial charge in [-0.05, 0) is 48.9 Å². The van der Waals surface area contributed by atoms with Crippen molar-refractivity contribution in [3.63, 3.8) is 0 Å². The van der Waals surface area contributed by atoms with Gasteiger partial charge in [0.15, 0.2) is 12.4 Å². The Hall–Kier alpha value is -3.62. The summed E-state index contributed by atoms with van der Waals surface area (Å²) in [6, 6.07) is 20.1. The van der Waals surface area contributed by atoms with Crippen LogP contribution in [0.4, 0.5) is 5.69 Å². The molecular formula is C27H23BrN2O5. The number of ether oxygens (including phenoxy) is 1. The molecule has 1 atom stereocenters. The number of halogens is 1. The monoisotopic (exact) mass is 534 g/mol. The van der Waals surface area contributed by atoms with Crippen LogP contribution in [-0.2, 0) is 20.9 Å². The van der Waals surface area contributed by atoms with Gasteiger partial charge in [-0.3, -0.25) is 14.4 Å². The van der Waals surface area contributed by atoms with Crippen LogP contribution in [0.15, 0.2) is 77.3 Å². The maximum atomic E-state index is 12.9. The first-order valence-corrected chi connectivity index (χ1v) is 11.8. The van der Waals surface area contributed by atoms with Gasteiger partial charge in [0.1, 0.15) is 0 Å². The van der Waals surface area contributed by atoms with E-state index < -0.39 is 12.0 Å². The van der Waals surface area contributed by atoms with E-state index in [-0.39, 0.29) is 36.2 Å². The third-order valence-electron chi connectivity index (χ3n) is 5.68. The van der Waals surface area contributed by atoms with Crippen molar-refractivity contribution < 1.29 is 23.9 Å². The largest absolute Gasteiger partial charge is 0.454 e. The number of carbonyl (C=O) groups is 4. The fourth-order valence-corrected chi connectivity index (χ4v) is 3.95. The second kappa shape index (κ2) is 10.8. The van der Waals surface area contributed by atoms with Crippen molar-refractivity contribution >= 4 is 45.2 Å². The first-order chi connectivity index (χ1) is 16.8. The van der Waals surface area contributed by atoms with Crippen molar-refractivity contribution in [1.29, 1.82) is 0 Å². The number of imide groups is 1. The Balaban J connectivity index is 1.34. The zero-order chi connectivity index (χ0) is 24.9. The zero-order valence-electron chi connectivity index (χ0n) is 19.0. The first kappa shape index (κ1) is 24.5. The molecule has 0 bridgehead atoms. The molecular weight excluding hydrogens is 512 g/mol. The van der Waals surface area contributed by atoms with Crippen molar-refractivity contribution in [2.75, 3.05) is 11.5 Å². The Morgan fingerprint density at radius 1 is 0.943 bits per heavy atom. The van der Waals surface area contributed by atoms with Crippen LogP contribution < -0.4 is 10.2 Å². The molecule has 1 N–H and O–H groups in total. The number of benzene rings is 3. The lowest BCUT2D eigenvalue weighted by atomic mass is 10.1. The standard InChI is InChI=1S/C27H23BrN2O5/c1-17-2-4-18(5-3-17)15-29-23-14-25(32)30(26(23)33)22-12-8-20(9-13-22)27(34)35-16-24(31)19-6-10-21(28)11-7-19/h2-13,23,29H,14-16H2,1H3. The summed E-state index contributed by atoms with van der Waals surface area (Å²) in [6.07, 6.45) is 0.0622. The summed E-state index contributed by atoms with van der Waals surface area (Å²) < 4.78 is 5.96. The quantitative estimate of drug-likeness (QED) is 0.264. The molecule has 0 radical (unpaired) electrons. The number of amides is 2. The Kier molecular flexibility index (Phi) is 7.53. The molecule has 2 amide bonds. The van der Waals surface area contributed by atoms with E-state index in [9.17, 15) is 19.2 Å². The van der Waals surface area contributed by atoms with Gasteiger partial charge in [0, 0.05) is 16.6 Å². The average molecular weight is 535 g/mol. The minimum absolute atomic E-state index is 0.0622. The van der Waals surface area contributed by atoms with Gasteiger partial charge in [-0.25, -0.2) is 9.69 Å². The number of rotatable bonds is 8. The number of carbonyl (C=O) groups excluding carboxylic acids is 4. The lowest BCUT2D eigenvalue weighted by Crippen LogP contribution is -2.38. The normalized spacial score (nSPS) is 15.4. The van der Waals surface area contributed by atoms with Crippen LogP contribution in [0.1, 0.15) is 38.3 Å². The van der Waals surface area contributed by atoms with Crippen LogP contribution in [0.25, 0.3) is 0 Å². The molecule has 0 aromatic heterocycles. The Morgan fingerprint density at radius 2 is 1.57 bits per heavy atom. The van der Waals surface area contributed by atoms with Gasteiger partial charge >= 0.3 is 5.97 Å². The molecule has 178 valence electrons. The predicted molar refractivity (Wildman–Crippen MR) is 134 cm³/mol. The summed E-state index contributed by atoms with van der Waals surface area (Å²) in [5.41, 5.74) is 3.20. The summed E-state index contributed by atoms with van der Waals surface area (Å²) in [5.74, 6) is -1.64. The van der Waals surface area contributed by atoms with Crippen LogP contribution in [0.3, 0.4) is 0 Å². The van der Waals surface area contributed by atoms with E-state index in [1.165, 1.54) is 24.3 Å². The molecule has 1 aliphatic rings. The highest BCUT2D eigenvalue weighted by atomic mass is 79.9. The van der Waals surface area contributed by atoms with Crippen LogP contribution >= 0.6 is 15.9 Å². The number of Topliss-reactive ketones (excluding diaryl/α,β-unsaturated/α-hetero) is 1. The van der Waals surface area contributed by atoms with Gasteiger partial charge in [-0.1, -0.05) is 57.9 Å². The van der Waals surface area contributed by atoms with Gasteiger partial charge in [-0.2, -0.15) is 0 Å². The molecule has 1 aliphatic heterocycles. The minimum Gasteiger partial charge on any atom is -0.454 e. The highest BCUT2D eigenvalue weighted by Crippen LogP contribution is 2.24. The average Bonchev–Trinajstić information content (AvgIpc) is 3.15. The number of aryl methyl sites for hydroxylation is 1. The topological polar surface area (TPSA) is 92.8 Å². The van der Waals surface area contributed by atoms with E-state index >= 15 is 0 Å². The lowest BCUT2D eigenvalue weighted by Gasteiger charge is -2.16. The Labute approximate surface area is 211 Å². The third-order valence-corrected chi connectivity index (χ3v) is 6.21. The van der Waals surface area contributed by atoms with Crippen LogP contribution in [0, 0.1) is 6.92 Å². The van der Waals surface area contributed by atoms with E-state index in [4.69, 9.17) is 4.74 Å². The number of esters is 1. The molecule has 3 aromatic rings. The van der Waals surface area contributed by atoms with E-state index in [1.807, 2.05) is 31.2 Å². The maximum absolute atomic E-state index is 12.9. The number of ketones is 1. The first-order valence-electron chi connectivity index (χ1n) is 11.0. The van der Waals surface area contributed by atoms with E-state index in [1.54, 1.807) is 24.3 Å². The molecule has 4 rings (SSSR count). The van der Waals surface area contributed by atoms with Gasteiger partial charge in [0.25, 0.3) is 5.91 Å². The van der Waals surface area contributed by atoms with Crippen molar-refractivity contribution in [3.05, 3.63) is 99.5 Å². The third kappa shape index (κ3) is 5.90.